The molecule has 0 aliphatic heterocycles. The van der Waals surface area contributed by atoms with Gasteiger partial charge in [-0.25, -0.2) is 0 Å². The molecule has 1 heterocycles. The molecule has 0 radical (unpaired) electrons. The van der Waals surface area contributed by atoms with Gasteiger partial charge < -0.3 is 13.9 Å². The molecule has 4 nitrogen and oxygen atoms in total. The number of rotatable bonds is 8. The molecule has 0 spiro atoms. The van der Waals surface area contributed by atoms with Crippen molar-refractivity contribution < 1.29 is 13.9 Å². The number of benzene rings is 2. The zero-order chi connectivity index (χ0) is 16.8. The van der Waals surface area contributed by atoms with E-state index < -0.39 is 0 Å². The molecule has 0 saturated heterocycles. The lowest BCUT2D eigenvalue weighted by atomic mass is 10.2. The summed E-state index contributed by atoms with van der Waals surface area (Å²) in [6.07, 6.45) is 3.57. The fraction of sp³-hybridized carbons (Fsp3) is 0.316. The Kier molecular flexibility index (Phi) is 5.75. The van der Waals surface area contributed by atoms with Gasteiger partial charge in [0, 0.05) is 0 Å². The lowest BCUT2D eigenvalue weighted by Crippen LogP contribution is -1.97. The smallest absolute Gasteiger partial charge is 0.394 e. The van der Waals surface area contributed by atoms with Crippen LogP contribution in [0.1, 0.15) is 31.7 Å². The molecule has 1 aromatic heterocycles. The van der Waals surface area contributed by atoms with E-state index in [-0.39, 0.29) is 6.08 Å². The topological polar surface area (TPSA) is 44.5 Å². The standard InChI is InChI=1S/C19H20BrNO3/c1-2-3-7-12-22-19-21-17-16(11-10-15(20)18(17)24-19)23-13-14-8-5-4-6-9-14/h4-6,8-11H,2-3,7,12-13H2,1H3. The fourth-order valence-electron chi connectivity index (χ4n) is 2.36. The van der Waals surface area contributed by atoms with E-state index in [0.717, 1.165) is 29.3 Å². The second-order valence-electron chi connectivity index (χ2n) is 5.53. The third-order valence-corrected chi connectivity index (χ3v) is 4.27. The van der Waals surface area contributed by atoms with Crippen molar-refractivity contribution in [3.8, 4) is 11.8 Å². The highest BCUT2D eigenvalue weighted by molar-refractivity contribution is 9.10. The van der Waals surface area contributed by atoms with Crippen LogP contribution in [0.25, 0.3) is 11.1 Å². The molecule has 3 aromatic rings. The van der Waals surface area contributed by atoms with Gasteiger partial charge in [0.25, 0.3) is 0 Å². The number of ether oxygens (including phenoxy) is 2. The van der Waals surface area contributed by atoms with E-state index in [2.05, 4.69) is 27.8 Å². The van der Waals surface area contributed by atoms with Gasteiger partial charge in [-0.05, 0) is 40.0 Å². The van der Waals surface area contributed by atoms with E-state index in [1.807, 2.05) is 42.5 Å². The van der Waals surface area contributed by atoms with Crippen molar-refractivity contribution in [2.75, 3.05) is 6.61 Å². The largest absolute Gasteiger partial charge is 0.486 e. The van der Waals surface area contributed by atoms with Gasteiger partial charge >= 0.3 is 6.08 Å². The van der Waals surface area contributed by atoms with Crippen LogP contribution in [0.2, 0.25) is 0 Å². The fourth-order valence-corrected chi connectivity index (χ4v) is 2.76. The van der Waals surface area contributed by atoms with Gasteiger partial charge in [0.15, 0.2) is 11.1 Å². The van der Waals surface area contributed by atoms with Gasteiger partial charge in [-0.1, -0.05) is 50.1 Å². The Morgan fingerprint density at radius 3 is 2.67 bits per heavy atom. The minimum absolute atomic E-state index is 0.289. The normalized spacial score (nSPS) is 10.9. The zero-order valence-corrected chi connectivity index (χ0v) is 15.2. The summed E-state index contributed by atoms with van der Waals surface area (Å²) in [5, 5.41) is 0. The number of nitrogens with zero attached hydrogens (tertiary/aromatic N) is 1. The maximum atomic E-state index is 5.92. The highest BCUT2D eigenvalue weighted by Crippen LogP contribution is 2.34. The van der Waals surface area contributed by atoms with Crippen molar-refractivity contribution >= 4 is 27.0 Å². The second-order valence-corrected chi connectivity index (χ2v) is 6.39. The lowest BCUT2D eigenvalue weighted by Gasteiger charge is -2.06. The highest BCUT2D eigenvalue weighted by atomic mass is 79.9. The van der Waals surface area contributed by atoms with Crippen LogP contribution in [0.15, 0.2) is 51.4 Å². The quantitative estimate of drug-likeness (QED) is 0.460. The zero-order valence-electron chi connectivity index (χ0n) is 13.6. The van der Waals surface area contributed by atoms with E-state index in [1.54, 1.807) is 0 Å². The van der Waals surface area contributed by atoms with Crippen LogP contribution in [0, 0.1) is 0 Å². The molecule has 0 amide bonds. The van der Waals surface area contributed by atoms with Gasteiger partial charge in [0.05, 0.1) is 11.1 Å². The van der Waals surface area contributed by atoms with Crippen LogP contribution in [-0.4, -0.2) is 11.6 Å². The van der Waals surface area contributed by atoms with Gasteiger partial charge in [-0.2, -0.15) is 4.98 Å². The van der Waals surface area contributed by atoms with Crippen molar-refractivity contribution in [2.24, 2.45) is 0 Å². The number of hydrogen-bond acceptors (Lipinski definition) is 4. The number of hydrogen-bond donors (Lipinski definition) is 0. The van der Waals surface area contributed by atoms with Crippen LogP contribution >= 0.6 is 15.9 Å². The molecule has 2 aromatic carbocycles. The molecule has 0 aliphatic carbocycles. The molecule has 0 aliphatic rings. The molecule has 0 bridgehead atoms. The van der Waals surface area contributed by atoms with Crippen LogP contribution in [0.4, 0.5) is 0 Å². The van der Waals surface area contributed by atoms with Crippen LogP contribution < -0.4 is 9.47 Å². The molecular weight excluding hydrogens is 370 g/mol. The minimum Gasteiger partial charge on any atom is -0.486 e. The van der Waals surface area contributed by atoms with Gasteiger partial charge in [0.2, 0.25) is 0 Å². The maximum Gasteiger partial charge on any atom is 0.394 e. The van der Waals surface area contributed by atoms with E-state index in [4.69, 9.17) is 13.9 Å². The third kappa shape index (κ3) is 4.09. The molecule has 0 atom stereocenters. The van der Waals surface area contributed by atoms with Gasteiger partial charge in [-0.3, -0.25) is 0 Å². The first-order chi connectivity index (χ1) is 11.8. The van der Waals surface area contributed by atoms with E-state index in [0.29, 0.717) is 30.1 Å². The monoisotopic (exact) mass is 389 g/mol. The number of aromatic nitrogens is 1. The molecule has 3 rings (SSSR count). The molecular formula is C19H20BrNO3. The SMILES string of the molecule is CCCCCOc1nc2c(OCc3ccccc3)ccc(Br)c2o1. The van der Waals surface area contributed by atoms with Crippen molar-refractivity contribution in [3.05, 3.63) is 52.5 Å². The van der Waals surface area contributed by atoms with Gasteiger partial charge in [0.1, 0.15) is 12.4 Å². The Morgan fingerprint density at radius 2 is 1.88 bits per heavy atom. The van der Waals surface area contributed by atoms with E-state index >= 15 is 0 Å². The van der Waals surface area contributed by atoms with Crippen LogP contribution in [0.5, 0.6) is 11.8 Å². The van der Waals surface area contributed by atoms with Crippen molar-refractivity contribution in [3.63, 3.8) is 0 Å². The average molecular weight is 390 g/mol. The van der Waals surface area contributed by atoms with Crippen LogP contribution in [0.3, 0.4) is 0 Å². The Balaban J connectivity index is 1.75. The third-order valence-electron chi connectivity index (χ3n) is 3.65. The summed E-state index contributed by atoms with van der Waals surface area (Å²) in [7, 11) is 0. The first-order valence-corrected chi connectivity index (χ1v) is 8.96. The molecule has 24 heavy (non-hydrogen) atoms. The van der Waals surface area contributed by atoms with E-state index in [1.165, 1.54) is 0 Å². The summed E-state index contributed by atoms with van der Waals surface area (Å²) in [6, 6.07) is 13.8. The molecule has 5 heteroatoms. The Morgan fingerprint density at radius 1 is 1.04 bits per heavy atom. The first-order valence-electron chi connectivity index (χ1n) is 8.16. The van der Waals surface area contributed by atoms with Crippen molar-refractivity contribution in [1.82, 2.24) is 4.98 Å². The second kappa shape index (κ2) is 8.20. The maximum absolute atomic E-state index is 5.92. The molecule has 0 unspecified atom stereocenters. The molecule has 0 fully saturated rings. The molecule has 126 valence electrons. The van der Waals surface area contributed by atoms with E-state index in [9.17, 15) is 0 Å². The number of unbranched alkanes of at least 4 members (excludes halogenated alkanes) is 2. The predicted molar refractivity (Wildman–Crippen MR) is 97.5 cm³/mol. The summed E-state index contributed by atoms with van der Waals surface area (Å²) in [4.78, 5) is 4.44. The predicted octanol–water partition coefficient (Wildman–Crippen LogP) is 5.74. The highest BCUT2D eigenvalue weighted by Gasteiger charge is 2.15. The summed E-state index contributed by atoms with van der Waals surface area (Å²) < 4.78 is 18.1. The summed E-state index contributed by atoms with van der Waals surface area (Å²) in [5.41, 5.74) is 2.42. The summed E-state index contributed by atoms with van der Waals surface area (Å²) in [6.45, 7) is 3.25. The summed E-state index contributed by atoms with van der Waals surface area (Å²) in [5.74, 6) is 0.684. The Hall–Kier alpha value is -2.01. The number of oxazole rings is 1. The van der Waals surface area contributed by atoms with Crippen molar-refractivity contribution in [1.29, 1.82) is 0 Å². The molecule has 0 N–H and O–H groups in total. The Bertz CT molecular complexity index is 786. The first kappa shape index (κ1) is 16.8. The minimum atomic E-state index is 0.289. The van der Waals surface area contributed by atoms with Crippen LogP contribution in [-0.2, 0) is 6.61 Å². The van der Waals surface area contributed by atoms with Gasteiger partial charge in [-0.15, -0.1) is 0 Å². The van der Waals surface area contributed by atoms with Crippen molar-refractivity contribution in [2.45, 2.75) is 32.8 Å². The average Bonchev–Trinajstić information content (AvgIpc) is 3.04. The Labute approximate surface area is 149 Å². The summed E-state index contributed by atoms with van der Waals surface area (Å²) >= 11 is 3.49. The molecule has 0 saturated carbocycles. The number of halogens is 1. The number of fused-ring (bicyclic) bond motifs is 1. The lowest BCUT2D eigenvalue weighted by molar-refractivity contribution is 0.230.